The van der Waals surface area contributed by atoms with E-state index in [4.69, 9.17) is 16.7 Å². The van der Waals surface area contributed by atoms with Crippen molar-refractivity contribution in [1.82, 2.24) is 0 Å². The van der Waals surface area contributed by atoms with Gasteiger partial charge in [0.05, 0.1) is 5.56 Å². The molecule has 2 nitrogen and oxygen atoms in total. The number of hydrogen-bond donors (Lipinski definition) is 1. The van der Waals surface area contributed by atoms with Crippen molar-refractivity contribution in [2.45, 2.75) is 25.2 Å². The van der Waals surface area contributed by atoms with Crippen LogP contribution in [0.15, 0.2) is 18.2 Å². The molecule has 0 amide bonds. The van der Waals surface area contributed by atoms with Gasteiger partial charge < -0.3 is 5.11 Å². The van der Waals surface area contributed by atoms with E-state index in [1.54, 1.807) is 6.07 Å². The fourth-order valence-corrected chi connectivity index (χ4v) is 1.96. The quantitative estimate of drug-likeness (QED) is 0.766. The number of hydrogen-bond acceptors (Lipinski definition) is 1. The molecule has 0 saturated heterocycles. The molecule has 15 heavy (non-hydrogen) atoms. The van der Waals surface area contributed by atoms with Gasteiger partial charge in [0.1, 0.15) is 0 Å². The maximum Gasteiger partial charge on any atom is 1.00 e. The van der Waals surface area contributed by atoms with E-state index in [0.717, 1.165) is 18.4 Å². The molecule has 1 aromatic carbocycles. The average Bonchev–Trinajstić information content (AvgIpc) is 2.04. The van der Waals surface area contributed by atoms with Crippen molar-refractivity contribution in [1.29, 1.82) is 0 Å². The van der Waals surface area contributed by atoms with Crippen molar-refractivity contribution in [3.05, 3.63) is 34.3 Å². The number of rotatable bonds is 2. The van der Waals surface area contributed by atoms with E-state index in [0.29, 0.717) is 16.5 Å². The molecule has 1 fully saturated rings. The zero-order valence-corrected chi connectivity index (χ0v) is 12.5. The Labute approximate surface area is 136 Å². The topological polar surface area (TPSA) is 37.3 Å². The summed E-state index contributed by atoms with van der Waals surface area (Å²) in [6, 6.07) is 5.15. The van der Waals surface area contributed by atoms with Gasteiger partial charge in [-0.2, -0.15) is 0 Å². The molecule has 74 valence electrons. The van der Waals surface area contributed by atoms with Crippen molar-refractivity contribution in [3.63, 3.8) is 0 Å². The second kappa shape index (κ2) is 5.80. The van der Waals surface area contributed by atoms with Crippen molar-refractivity contribution in [2.24, 2.45) is 0 Å². The molecule has 0 aliphatic heterocycles. The van der Waals surface area contributed by atoms with E-state index >= 15 is 0 Å². The largest absolute Gasteiger partial charge is 1.00 e. The maximum absolute atomic E-state index is 11.0. The second-order valence-electron chi connectivity index (χ2n) is 3.66. The van der Waals surface area contributed by atoms with Crippen LogP contribution in [0.5, 0.6) is 0 Å². The van der Waals surface area contributed by atoms with E-state index in [1.165, 1.54) is 12.5 Å². The third kappa shape index (κ3) is 3.05. The molecule has 4 heteroatoms. The van der Waals surface area contributed by atoms with Crippen LogP contribution in [0.1, 0.15) is 41.1 Å². The molecule has 1 aromatic rings. The van der Waals surface area contributed by atoms with E-state index in [1.807, 2.05) is 6.07 Å². The zero-order chi connectivity index (χ0) is 10.1. The van der Waals surface area contributed by atoms with Crippen LogP contribution in [0, 0.1) is 0 Å². The summed E-state index contributed by atoms with van der Waals surface area (Å²) < 4.78 is 0. The first-order valence-electron chi connectivity index (χ1n) is 4.71. The van der Waals surface area contributed by atoms with Gasteiger partial charge in [0.2, 0.25) is 0 Å². The minimum Gasteiger partial charge on any atom is -0.478 e. The Hall–Kier alpha value is 0.616. The number of benzene rings is 1. The first-order chi connectivity index (χ1) is 6.68. The molecule has 0 bridgehead atoms. The zero-order valence-electron chi connectivity index (χ0n) is 8.66. The fraction of sp³-hybridized carbons (Fsp3) is 0.364. The molecule has 0 unspecified atom stereocenters. The van der Waals surface area contributed by atoms with E-state index < -0.39 is 5.97 Å². The normalized spacial score (nSPS) is 15.3. The number of carboxylic acid groups (broad SMARTS) is 1. The molecular weight excluding hydrogens is 239 g/mol. The van der Waals surface area contributed by atoms with Crippen LogP contribution in [-0.4, -0.2) is 11.1 Å². The van der Waals surface area contributed by atoms with Gasteiger partial charge in [-0.3, -0.25) is 0 Å². The Morgan fingerprint density at radius 3 is 2.53 bits per heavy atom. The Morgan fingerprint density at radius 1 is 1.40 bits per heavy atom. The van der Waals surface area contributed by atoms with Gasteiger partial charge >= 0.3 is 57.4 Å². The van der Waals surface area contributed by atoms with Crippen LogP contribution in [0.4, 0.5) is 0 Å². The summed E-state index contributed by atoms with van der Waals surface area (Å²) in [5.41, 5.74) is 1.30. The molecule has 1 saturated carbocycles. The molecular formula is C11H11ClKO2+. The Morgan fingerprint density at radius 2 is 2.07 bits per heavy atom. The smallest absolute Gasteiger partial charge is 0.478 e. The van der Waals surface area contributed by atoms with Crippen molar-refractivity contribution in [2.75, 3.05) is 0 Å². The first-order valence-corrected chi connectivity index (χ1v) is 5.09. The summed E-state index contributed by atoms with van der Waals surface area (Å²) >= 11 is 5.76. The van der Waals surface area contributed by atoms with Gasteiger partial charge in [-0.25, -0.2) is 4.79 Å². The molecule has 2 rings (SSSR count). The summed E-state index contributed by atoms with van der Waals surface area (Å²) in [5, 5.41) is 9.49. The van der Waals surface area contributed by atoms with Gasteiger partial charge in [0.25, 0.3) is 0 Å². The van der Waals surface area contributed by atoms with E-state index in [-0.39, 0.29) is 51.4 Å². The minimum atomic E-state index is -0.880. The SMILES string of the molecule is O=C(O)c1cc(Cl)ccc1C1CCC1.[K+]. The van der Waals surface area contributed by atoms with Crippen LogP contribution in [0.3, 0.4) is 0 Å². The van der Waals surface area contributed by atoms with E-state index in [9.17, 15) is 4.79 Å². The average molecular weight is 250 g/mol. The molecule has 0 radical (unpaired) electrons. The number of halogens is 1. The van der Waals surface area contributed by atoms with Crippen molar-refractivity contribution < 1.29 is 61.3 Å². The van der Waals surface area contributed by atoms with Gasteiger partial charge in [-0.05, 0) is 36.5 Å². The van der Waals surface area contributed by atoms with E-state index in [2.05, 4.69) is 0 Å². The minimum absolute atomic E-state index is 0. The van der Waals surface area contributed by atoms with Gasteiger partial charge in [-0.15, -0.1) is 0 Å². The molecule has 1 aliphatic rings. The van der Waals surface area contributed by atoms with Crippen LogP contribution < -0.4 is 51.4 Å². The summed E-state index contributed by atoms with van der Waals surface area (Å²) in [5.74, 6) is -0.451. The van der Waals surface area contributed by atoms with Gasteiger partial charge in [0.15, 0.2) is 0 Å². The van der Waals surface area contributed by atoms with Crippen LogP contribution in [0.25, 0.3) is 0 Å². The molecule has 0 aromatic heterocycles. The van der Waals surface area contributed by atoms with Crippen LogP contribution in [0.2, 0.25) is 5.02 Å². The summed E-state index contributed by atoms with van der Waals surface area (Å²) in [4.78, 5) is 11.0. The third-order valence-electron chi connectivity index (χ3n) is 2.79. The summed E-state index contributed by atoms with van der Waals surface area (Å²) in [7, 11) is 0. The molecule has 0 heterocycles. The van der Waals surface area contributed by atoms with Gasteiger partial charge in [0, 0.05) is 5.02 Å². The summed E-state index contributed by atoms with van der Waals surface area (Å²) in [6.07, 6.45) is 3.40. The monoisotopic (exact) mass is 249 g/mol. The Kier molecular flexibility index (Phi) is 5.29. The molecule has 0 atom stereocenters. The first kappa shape index (κ1) is 13.7. The predicted octanol–water partition coefficient (Wildman–Crippen LogP) is 0.310. The van der Waals surface area contributed by atoms with Gasteiger partial charge in [-0.1, -0.05) is 24.1 Å². The number of aromatic carboxylic acids is 1. The van der Waals surface area contributed by atoms with Crippen LogP contribution in [-0.2, 0) is 0 Å². The fourth-order valence-electron chi connectivity index (χ4n) is 1.79. The Bertz CT molecular complexity index is 375. The molecule has 1 aliphatic carbocycles. The molecule has 1 N–H and O–H groups in total. The number of carbonyl (C=O) groups is 1. The molecule has 0 spiro atoms. The number of carboxylic acids is 1. The maximum atomic E-state index is 11.0. The van der Waals surface area contributed by atoms with Crippen molar-refractivity contribution >= 4 is 17.6 Å². The second-order valence-corrected chi connectivity index (χ2v) is 4.10. The summed E-state index contributed by atoms with van der Waals surface area (Å²) in [6.45, 7) is 0. The standard InChI is InChI=1S/C11H11ClO2.K/c12-8-4-5-9(7-2-1-3-7)10(6-8)11(13)14;/h4-7H,1-3H2,(H,13,14);/q;+1. The Balaban J connectivity index is 0.00000112. The predicted molar refractivity (Wildman–Crippen MR) is 55.0 cm³/mol. The third-order valence-corrected chi connectivity index (χ3v) is 3.03. The van der Waals surface area contributed by atoms with Crippen LogP contribution >= 0.6 is 11.6 Å². The van der Waals surface area contributed by atoms with Crippen molar-refractivity contribution in [3.8, 4) is 0 Å².